The highest BCUT2D eigenvalue weighted by molar-refractivity contribution is 5.82. The number of nitrogens with zero attached hydrogens (tertiary/aromatic N) is 3. The first kappa shape index (κ1) is 16.0. The van der Waals surface area contributed by atoms with Crippen molar-refractivity contribution in [2.45, 2.75) is 32.9 Å². The number of ether oxygens (including phenoxy) is 2. The van der Waals surface area contributed by atoms with Crippen molar-refractivity contribution in [3.05, 3.63) is 36.4 Å². The first-order chi connectivity index (χ1) is 11.6. The van der Waals surface area contributed by atoms with Crippen LogP contribution in [0.1, 0.15) is 32.4 Å². The summed E-state index contributed by atoms with van der Waals surface area (Å²) in [6, 6.07) is 5.94. The molecule has 2 aromatic heterocycles. The van der Waals surface area contributed by atoms with E-state index in [4.69, 9.17) is 9.47 Å². The van der Waals surface area contributed by atoms with Gasteiger partial charge in [0.2, 0.25) is 0 Å². The van der Waals surface area contributed by atoms with E-state index in [1.54, 1.807) is 13.4 Å². The summed E-state index contributed by atoms with van der Waals surface area (Å²) in [4.78, 5) is 15.6. The van der Waals surface area contributed by atoms with Crippen LogP contribution in [-0.2, 0) is 0 Å². The molecule has 2 heterocycles. The average Bonchev–Trinajstić information content (AvgIpc) is 3.04. The monoisotopic (exact) mass is 327 g/mol. The van der Waals surface area contributed by atoms with Crippen LogP contribution in [-0.4, -0.2) is 33.1 Å². The maximum Gasteiger partial charge on any atom is 0.182 e. The molecule has 0 aliphatic rings. The van der Waals surface area contributed by atoms with Gasteiger partial charge in [-0.1, -0.05) is 6.07 Å². The van der Waals surface area contributed by atoms with E-state index in [0.29, 0.717) is 17.2 Å². The van der Waals surface area contributed by atoms with Gasteiger partial charge in [-0.3, -0.25) is 0 Å². The fourth-order valence-electron chi connectivity index (χ4n) is 2.47. The van der Waals surface area contributed by atoms with Crippen LogP contribution in [0, 0.1) is 0 Å². The fourth-order valence-corrected chi connectivity index (χ4v) is 2.47. The van der Waals surface area contributed by atoms with Crippen LogP contribution in [0.2, 0.25) is 0 Å². The zero-order chi connectivity index (χ0) is 17.1. The third kappa shape index (κ3) is 3.24. The zero-order valence-corrected chi connectivity index (χ0v) is 14.2. The predicted molar refractivity (Wildman–Crippen MR) is 92.5 cm³/mol. The molecule has 24 heavy (non-hydrogen) atoms. The highest BCUT2D eigenvalue weighted by Crippen LogP contribution is 2.32. The van der Waals surface area contributed by atoms with Gasteiger partial charge in [0.15, 0.2) is 23.0 Å². The summed E-state index contributed by atoms with van der Waals surface area (Å²) in [6.07, 6.45) is 3.20. The molecule has 0 saturated heterocycles. The number of fused-ring (bicyclic) bond motifs is 1. The van der Waals surface area contributed by atoms with Crippen molar-refractivity contribution in [2.75, 3.05) is 12.4 Å². The lowest BCUT2D eigenvalue weighted by molar-refractivity contribution is 0.230. The van der Waals surface area contributed by atoms with E-state index in [9.17, 15) is 0 Å². The molecule has 7 nitrogen and oxygen atoms in total. The van der Waals surface area contributed by atoms with Crippen molar-refractivity contribution >= 4 is 17.0 Å². The molecule has 0 aliphatic heterocycles. The molecule has 126 valence electrons. The Bertz CT molecular complexity index is 831. The number of H-pyrrole nitrogens is 1. The summed E-state index contributed by atoms with van der Waals surface area (Å²) in [7, 11) is 1.64. The van der Waals surface area contributed by atoms with Crippen molar-refractivity contribution in [2.24, 2.45) is 0 Å². The minimum Gasteiger partial charge on any atom is -0.493 e. The molecule has 0 fully saturated rings. The lowest BCUT2D eigenvalue weighted by atomic mass is 10.1. The van der Waals surface area contributed by atoms with E-state index >= 15 is 0 Å². The third-order valence-electron chi connectivity index (χ3n) is 3.63. The molecule has 7 heteroatoms. The SMILES string of the molecule is COc1cc([C@@H](C)Nc2ncnc3nc[nH]c23)ccc1OC(C)C. The van der Waals surface area contributed by atoms with E-state index in [1.165, 1.54) is 6.33 Å². The van der Waals surface area contributed by atoms with Gasteiger partial charge in [-0.05, 0) is 38.5 Å². The predicted octanol–water partition coefficient (Wildman–Crippen LogP) is 3.32. The molecule has 2 N–H and O–H groups in total. The van der Waals surface area contributed by atoms with Gasteiger partial charge < -0.3 is 19.8 Å². The summed E-state index contributed by atoms with van der Waals surface area (Å²) in [5.41, 5.74) is 2.49. The molecule has 0 aliphatic carbocycles. The molecule has 3 aromatic rings. The molecule has 0 unspecified atom stereocenters. The number of benzene rings is 1. The highest BCUT2D eigenvalue weighted by Gasteiger charge is 2.14. The first-order valence-corrected chi connectivity index (χ1v) is 7.83. The second-order valence-electron chi connectivity index (χ2n) is 5.77. The van der Waals surface area contributed by atoms with Crippen molar-refractivity contribution in [1.82, 2.24) is 19.9 Å². The van der Waals surface area contributed by atoms with E-state index in [1.807, 2.05) is 32.0 Å². The Balaban J connectivity index is 1.84. The van der Waals surface area contributed by atoms with Gasteiger partial charge in [0.25, 0.3) is 0 Å². The number of nitrogens with one attached hydrogen (secondary N) is 2. The first-order valence-electron chi connectivity index (χ1n) is 7.83. The van der Waals surface area contributed by atoms with E-state index in [-0.39, 0.29) is 12.1 Å². The number of methoxy groups -OCH3 is 1. The Morgan fingerprint density at radius 2 is 1.92 bits per heavy atom. The number of anilines is 1. The average molecular weight is 327 g/mol. The molecule has 1 atom stereocenters. The minimum atomic E-state index is 0.0217. The van der Waals surface area contributed by atoms with Crippen LogP contribution in [0.3, 0.4) is 0 Å². The Morgan fingerprint density at radius 1 is 1.08 bits per heavy atom. The zero-order valence-electron chi connectivity index (χ0n) is 14.2. The van der Waals surface area contributed by atoms with Gasteiger partial charge in [0.1, 0.15) is 11.8 Å². The van der Waals surface area contributed by atoms with Crippen LogP contribution in [0.15, 0.2) is 30.9 Å². The van der Waals surface area contributed by atoms with E-state index in [2.05, 4.69) is 32.2 Å². The summed E-state index contributed by atoms with van der Waals surface area (Å²) in [5.74, 6) is 2.16. The van der Waals surface area contributed by atoms with Crippen LogP contribution in [0.25, 0.3) is 11.2 Å². The largest absolute Gasteiger partial charge is 0.493 e. The minimum absolute atomic E-state index is 0.0217. The van der Waals surface area contributed by atoms with Crippen molar-refractivity contribution in [1.29, 1.82) is 0 Å². The van der Waals surface area contributed by atoms with Crippen molar-refractivity contribution in [3.63, 3.8) is 0 Å². The fraction of sp³-hybridized carbons (Fsp3) is 0.353. The molecular formula is C17H21N5O2. The van der Waals surface area contributed by atoms with Gasteiger partial charge in [-0.25, -0.2) is 15.0 Å². The lowest BCUT2D eigenvalue weighted by Gasteiger charge is -2.18. The summed E-state index contributed by atoms with van der Waals surface area (Å²) in [5, 5.41) is 3.38. The molecule has 1 aromatic carbocycles. The number of imidazole rings is 1. The lowest BCUT2D eigenvalue weighted by Crippen LogP contribution is -2.10. The number of hydrogen-bond acceptors (Lipinski definition) is 6. The molecule has 3 rings (SSSR count). The van der Waals surface area contributed by atoms with Crippen LogP contribution in [0.4, 0.5) is 5.82 Å². The number of aromatic amines is 1. The third-order valence-corrected chi connectivity index (χ3v) is 3.63. The smallest absolute Gasteiger partial charge is 0.182 e. The summed E-state index contributed by atoms with van der Waals surface area (Å²) in [6.45, 7) is 6.03. The van der Waals surface area contributed by atoms with Gasteiger partial charge in [0.05, 0.1) is 25.6 Å². The molecule has 0 saturated carbocycles. The van der Waals surface area contributed by atoms with Crippen LogP contribution < -0.4 is 14.8 Å². The standard InChI is InChI=1S/C17H21N5O2/c1-10(2)24-13-6-5-12(7-14(13)23-4)11(3)22-17-15-16(19-8-18-15)20-9-21-17/h5-11H,1-4H3,(H2,18,19,20,21,22)/t11-/m1/s1. The molecule has 0 bridgehead atoms. The molecule has 0 amide bonds. The Morgan fingerprint density at radius 3 is 2.67 bits per heavy atom. The van der Waals surface area contributed by atoms with Gasteiger partial charge in [-0.2, -0.15) is 0 Å². The maximum atomic E-state index is 5.76. The van der Waals surface area contributed by atoms with Crippen molar-refractivity contribution in [3.8, 4) is 11.5 Å². The van der Waals surface area contributed by atoms with E-state index in [0.717, 1.165) is 16.8 Å². The molecular weight excluding hydrogens is 306 g/mol. The second-order valence-corrected chi connectivity index (χ2v) is 5.77. The molecule has 0 spiro atoms. The summed E-state index contributed by atoms with van der Waals surface area (Å²) >= 11 is 0. The van der Waals surface area contributed by atoms with Crippen molar-refractivity contribution < 1.29 is 9.47 Å². The topological polar surface area (TPSA) is 85.0 Å². The number of hydrogen-bond donors (Lipinski definition) is 2. The maximum absolute atomic E-state index is 5.76. The number of rotatable bonds is 6. The second kappa shape index (κ2) is 6.74. The van der Waals surface area contributed by atoms with Crippen LogP contribution in [0.5, 0.6) is 11.5 Å². The summed E-state index contributed by atoms with van der Waals surface area (Å²) < 4.78 is 11.2. The normalized spacial score (nSPS) is 12.4. The van der Waals surface area contributed by atoms with Gasteiger partial charge in [-0.15, -0.1) is 0 Å². The Kier molecular flexibility index (Phi) is 4.50. The quantitative estimate of drug-likeness (QED) is 0.722. The Hall–Kier alpha value is -2.83. The Labute approximate surface area is 140 Å². The van der Waals surface area contributed by atoms with Gasteiger partial charge in [0, 0.05) is 0 Å². The van der Waals surface area contributed by atoms with Crippen LogP contribution >= 0.6 is 0 Å². The highest BCUT2D eigenvalue weighted by atomic mass is 16.5. The molecule has 0 radical (unpaired) electrons. The number of aromatic nitrogens is 4. The van der Waals surface area contributed by atoms with E-state index < -0.39 is 0 Å². The van der Waals surface area contributed by atoms with Gasteiger partial charge >= 0.3 is 0 Å².